The molecule has 2 heterocycles. The van der Waals surface area contributed by atoms with Gasteiger partial charge in [0.1, 0.15) is 18.3 Å². The van der Waals surface area contributed by atoms with Crippen LogP contribution in [0.3, 0.4) is 0 Å². The first-order valence-electron chi connectivity index (χ1n) is 12.1. The van der Waals surface area contributed by atoms with Crippen LogP contribution in [0.25, 0.3) is 0 Å². The minimum atomic E-state index is -0.442. The van der Waals surface area contributed by atoms with Crippen LogP contribution in [0.5, 0.6) is 0 Å². The van der Waals surface area contributed by atoms with Gasteiger partial charge >= 0.3 is 0 Å². The van der Waals surface area contributed by atoms with Crippen molar-refractivity contribution in [3.05, 3.63) is 35.9 Å². The van der Waals surface area contributed by atoms with Crippen molar-refractivity contribution in [1.29, 1.82) is 0 Å². The molecule has 2 aliphatic heterocycles. The largest absolute Gasteiger partial charge is 0.371 e. The smallest absolute Gasteiger partial charge is 0.169 e. The monoisotopic (exact) mass is 414 g/mol. The Bertz CT molecular complexity index is 724. The van der Waals surface area contributed by atoms with E-state index in [1.165, 1.54) is 44.1 Å². The second-order valence-electron chi connectivity index (χ2n) is 9.92. The standard InChI is InChI=1S/C25H34O5/c1-4-10-18(11-5-1)17-26-19-16-20-22(29-24(27-20)12-6-2-7-13-24)23-21(19)28-25(30-23)14-8-3-9-15-25/h1,4-5,10-11,19-23H,2-3,6-9,12-17H2/t19-,20-,21+,22-,23-/m0/s1. The highest BCUT2D eigenvalue weighted by atomic mass is 16.8. The summed E-state index contributed by atoms with van der Waals surface area (Å²) in [5, 5.41) is 0. The molecule has 0 N–H and O–H groups in total. The predicted octanol–water partition coefficient (Wildman–Crippen LogP) is 4.86. The summed E-state index contributed by atoms with van der Waals surface area (Å²) in [6, 6.07) is 10.4. The van der Waals surface area contributed by atoms with Gasteiger partial charge in [0.2, 0.25) is 0 Å². The maximum atomic E-state index is 6.72. The van der Waals surface area contributed by atoms with Crippen molar-refractivity contribution in [3.63, 3.8) is 0 Å². The molecule has 6 rings (SSSR count). The third-order valence-electron chi connectivity index (χ3n) is 7.80. The SMILES string of the molecule is c1ccc(CO[C@H]2C[C@@H]3OC4(CCCCC4)O[C@@H]3[C@H]3OC4(CCCCC4)O[C@@H]32)cc1. The van der Waals surface area contributed by atoms with E-state index < -0.39 is 11.6 Å². The summed E-state index contributed by atoms with van der Waals surface area (Å²) in [4.78, 5) is 0. The fraction of sp³-hybridized carbons (Fsp3) is 0.760. The van der Waals surface area contributed by atoms with Gasteiger partial charge in [-0.1, -0.05) is 43.2 Å². The molecule has 0 aromatic heterocycles. The fourth-order valence-electron chi connectivity index (χ4n) is 6.31. The summed E-state index contributed by atoms with van der Waals surface area (Å²) < 4.78 is 33.2. The van der Waals surface area contributed by atoms with E-state index in [0.29, 0.717) is 6.61 Å². The minimum absolute atomic E-state index is 0.0277. The average molecular weight is 415 g/mol. The van der Waals surface area contributed by atoms with Crippen molar-refractivity contribution in [2.75, 3.05) is 0 Å². The van der Waals surface area contributed by atoms with Crippen molar-refractivity contribution in [3.8, 4) is 0 Å². The number of fused-ring (bicyclic) bond motifs is 3. The number of hydrogen-bond donors (Lipinski definition) is 0. The number of benzene rings is 1. The van der Waals surface area contributed by atoms with E-state index in [1.807, 2.05) is 6.07 Å². The van der Waals surface area contributed by atoms with Gasteiger partial charge in [-0.2, -0.15) is 0 Å². The van der Waals surface area contributed by atoms with Crippen LogP contribution in [-0.2, 0) is 30.3 Å². The summed E-state index contributed by atoms with van der Waals surface area (Å²) >= 11 is 0. The van der Waals surface area contributed by atoms with Gasteiger partial charge in [-0.3, -0.25) is 0 Å². The lowest BCUT2D eigenvalue weighted by Gasteiger charge is -2.37. The minimum Gasteiger partial charge on any atom is -0.371 e. The van der Waals surface area contributed by atoms with Crippen LogP contribution in [0.15, 0.2) is 30.3 Å². The van der Waals surface area contributed by atoms with E-state index in [0.717, 1.165) is 32.1 Å². The first kappa shape index (κ1) is 19.7. The Morgan fingerprint density at radius 2 is 1.30 bits per heavy atom. The van der Waals surface area contributed by atoms with Crippen molar-refractivity contribution in [2.45, 2.75) is 119 Å². The van der Waals surface area contributed by atoms with Gasteiger partial charge in [0, 0.05) is 32.1 Å². The van der Waals surface area contributed by atoms with E-state index in [-0.39, 0.29) is 30.5 Å². The van der Waals surface area contributed by atoms with Crippen LogP contribution in [0.1, 0.15) is 76.2 Å². The molecule has 5 atom stereocenters. The molecule has 5 heteroatoms. The lowest BCUT2D eigenvalue weighted by molar-refractivity contribution is -0.221. The zero-order valence-electron chi connectivity index (χ0n) is 17.8. The van der Waals surface area contributed by atoms with Gasteiger partial charge in [-0.25, -0.2) is 0 Å². The Morgan fingerprint density at radius 3 is 2.00 bits per heavy atom. The van der Waals surface area contributed by atoms with Crippen LogP contribution >= 0.6 is 0 Å². The van der Waals surface area contributed by atoms with Crippen molar-refractivity contribution >= 4 is 0 Å². The molecule has 2 saturated heterocycles. The molecule has 0 radical (unpaired) electrons. The van der Waals surface area contributed by atoms with E-state index in [9.17, 15) is 0 Å². The predicted molar refractivity (Wildman–Crippen MR) is 111 cm³/mol. The summed E-state index contributed by atoms with van der Waals surface area (Å²) in [6.45, 7) is 0.592. The Labute approximate surface area is 179 Å². The van der Waals surface area contributed by atoms with Gasteiger partial charge in [0.05, 0.1) is 18.8 Å². The van der Waals surface area contributed by atoms with Crippen LogP contribution < -0.4 is 0 Å². The molecule has 3 aliphatic carbocycles. The Morgan fingerprint density at radius 1 is 0.700 bits per heavy atom. The zero-order chi connectivity index (χ0) is 20.0. The lowest BCUT2D eigenvalue weighted by atomic mass is 9.87. The third kappa shape index (κ3) is 3.53. The number of rotatable bonds is 3. The van der Waals surface area contributed by atoms with Crippen LogP contribution in [0.4, 0.5) is 0 Å². The molecule has 1 aromatic carbocycles. The average Bonchev–Trinajstić information content (AvgIpc) is 3.32. The van der Waals surface area contributed by atoms with E-state index in [1.54, 1.807) is 0 Å². The van der Waals surface area contributed by atoms with E-state index in [4.69, 9.17) is 23.7 Å². The number of ether oxygens (including phenoxy) is 5. The van der Waals surface area contributed by atoms with Gasteiger partial charge in [0.15, 0.2) is 11.6 Å². The summed E-state index contributed by atoms with van der Waals surface area (Å²) in [7, 11) is 0. The molecule has 5 aliphatic rings. The highest BCUT2D eigenvalue weighted by molar-refractivity contribution is 5.14. The molecule has 2 spiro atoms. The molecule has 0 unspecified atom stereocenters. The molecule has 3 saturated carbocycles. The summed E-state index contributed by atoms with van der Waals surface area (Å²) in [5.74, 6) is -0.847. The van der Waals surface area contributed by atoms with Gasteiger partial charge in [-0.05, 0) is 31.2 Å². The molecule has 0 amide bonds. The maximum Gasteiger partial charge on any atom is 0.169 e. The quantitative estimate of drug-likeness (QED) is 0.707. The zero-order valence-corrected chi connectivity index (χ0v) is 17.8. The maximum absolute atomic E-state index is 6.72. The van der Waals surface area contributed by atoms with Crippen molar-refractivity contribution in [2.24, 2.45) is 0 Å². The number of hydrogen-bond acceptors (Lipinski definition) is 5. The summed E-state index contributed by atoms with van der Waals surface area (Å²) in [6.07, 6.45) is 11.8. The second-order valence-corrected chi connectivity index (χ2v) is 9.92. The molecule has 5 nitrogen and oxygen atoms in total. The van der Waals surface area contributed by atoms with Gasteiger partial charge < -0.3 is 23.7 Å². The van der Waals surface area contributed by atoms with Crippen molar-refractivity contribution in [1.82, 2.24) is 0 Å². The Balaban J connectivity index is 1.24. The molecule has 1 aromatic rings. The molecule has 30 heavy (non-hydrogen) atoms. The van der Waals surface area contributed by atoms with E-state index >= 15 is 0 Å². The van der Waals surface area contributed by atoms with Crippen LogP contribution in [-0.4, -0.2) is 42.1 Å². The molecular formula is C25H34O5. The Hall–Kier alpha value is -0.980. The van der Waals surface area contributed by atoms with Gasteiger partial charge in [0.25, 0.3) is 0 Å². The first-order chi connectivity index (χ1) is 14.7. The van der Waals surface area contributed by atoms with Gasteiger partial charge in [-0.15, -0.1) is 0 Å². The third-order valence-corrected chi connectivity index (χ3v) is 7.80. The molecule has 164 valence electrons. The lowest BCUT2D eigenvalue weighted by Crippen LogP contribution is -2.54. The first-order valence-corrected chi connectivity index (χ1v) is 12.1. The van der Waals surface area contributed by atoms with Crippen LogP contribution in [0.2, 0.25) is 0 Å². The Kier molecular flexibility index (Phi) is 5.16. The van der Waals surface area contributed by atoms with Crippen LogP contribution in [0, 0.1) is 0 Å². The molecular weight excluding hydrogens is 380 g/mol. The fourth-order valence-corrected chi connectivity index (χ4v) is 6.31. The molecule has 0 bridgehead atoms. The topological polar surface area (TPSA) is 46.2 Å². The van der Waals surface area contributed by atoms with Crippen molar-refractivity contribution < 1.29 is 23.7 Å². The van der Waals surface area contributed by atoms with E-state index in [2.05, 4.69) is 24.3 Å². The highest BCUT2D eigenvalue weighted by Gasteiger charge is 2.63. The normalized spacial score (nSPS) is 39.1. The summed E-state index contributed by atoms with van der Waals surface area (Å²) in [5.41, 5.74) is 1.19. The molecule has 5 fully saturated rings. The second kappa shape index (κ2) is 7.86. The highest BCUT2D eigenvalue weighted by Crippen LogP contribution is 2.51.